The Morgan fingerprint density at radius 1 is 1.29 bits per heavy atom. The molecule has 0 unspecified atom stereocenters. The number of hydrogen-bond donors (Lipinski definition) is 2. The molecule has 0 radical (unpaired) electrons. The number of piperidine rings is 1. The number of hydrogen-bond acceptors (Lipinski definition) is 4. The Morgan fingerprint density at radius 2 is 1.93 bits per heavy atom. The van der Waals surface area contributed by atoms with Crippen molar-refractivity contribution in [3.63, 3.8) is 0 Å². The van der Waals surface area contributed by atoms with Gasteiger partial charge in [-0.15, -0.1) is 0 Å². The van der Waals surface area contributed by atoms with Crippen LogP contribution in [-0.4, -0.2) is 35.7 Å². The molecule has 0 aromatic rings. The molecule has 0 aromatic heterocycles. The zero-order valence-corrected chi connectivity index (χ0v) is 8.76. The van der Waals surface area contributed by atoms with Crippen molar-refractivity contribution in [1.82, 2.24) is 10.4 Å². The van der Waals surface area contributed by atoms with Crippen LogP contribution in [0.1, 0.15) is 19.3 Å². The maximum atomic E-state index is 11.3. The Bertz CT molecular complexity index is 217. The highest BCUT2D eigenvalue weighted by molar-refractivity contribution is 7.81. The topological polar surface area (TPSA) is 58.6 Å². The lowest BCUT2D eigenvalue weighted by Crippen LogP contribution is -2.40. The number of carbonyl (C=O) groups excluding carboxylic acids is 2. The van der Waals surface area contributed by atoms with Crippen LogP contribution in [0.15, 0.2) is 0 Å². The monoisotopic (exact) mass is 218 g/mol. The van der Waals surface area contributed by atoms with Crippen molar-refractivity contribution in [2.24, 2.45) is 0 Å². The van der Waals surface area contributed by atoms with Crippen molar-refractivity contribution in [2.75, 3.05) is 18.8 Å². The van der Waals surface area contributed by atoms with E-state index >= 15 is 0 Å². The molecule has 0 atom stereocenters. The lowest BCUT2D eigenvalue weighted by molar-refractivity contribution is -0.127. The zero-order valence-electron chi connectivity index (χ0n) is 7.86. The van der Waals surface area contributed by atoms with E-state index in [0.717, 1.165) is 19.3 Å². The van der Waals surface area contributed by atoms with Gasteiger partial charge in [-0.1, -0.05) is 0 Å². The number of carbonyl (C=O) groups is 2. The smallest absolute Gasteiger partial charge is 0.321 e. The van der Waals surface area contributed by atoms with Crippen LogP contribution in [0.25, 0.3) is 0 Å². The SMILES string of the molecule is O=C(CS)NOC(=O)N1CCCCC1. The Hall–Kier alpha value is -0.910. The second kappa shape index (κ2) is 5.74. The van der Waals surface area contributed by atoms with Crippen LogP contribution in [-0.2, 0) is 9.63 Å². The van der Waals surface area contributed by atoms with Crippen LogP contribution in [0.5, 0.6) is 0 Å². The summed E-state index contributed by atoms with van der Waals surface area (Å²) in [5, 5.41) is 0. The van der Waals surface area contributed by atoms with Gasteiger partial charge >= 0.3 is 6.09 Å². The van der Waals surface area contributed by atoms with Gasteiger partial charge in [-0.2, -0.15) is 18.1 Å². The van der Waals surface area contributed by atoms with E-state index in [1.54, 1.807) is 4.90 Å². The average molecular weight is 218 g/mol. The van der Waals surface area contributed by atoms with E-state index in [4.69, 9.17) is 0 Å². The van der Waals surface area contributed by atoms with E-state index in [0.29, 0.717) is 13.1 Å². The molecular weight excluding hydrogens is 204 g/mol. The molecule has 5 nitrogen and oxygen atoms in total. The summed E-state index contributed by atoms with van der Waals surface area (Å²) in [5.74, 6) is -0.411. The third-order valence-electron chi connectivity index (χ3n) is 2.01. The molecular formula is C8H14N2O3S. The molecule has 1 heterocycles. The van der Waals surface area contributed by atoms with Crippen molar-refractivity contribution in [1.29, 1.82) is 0 Å². The molecule has 0 spiro atoms. The van der Waals surface area contributed by atoms with Crippen LogP contribution in [0, 0.1) is 0 Å². The van der Waals surface area contributed by atoms with Gasteiger partial charge in [-0.25, -0.2) is 4.79 Å². The summed E-state index contributed by atoms with van der Waals surface area (Å²) >= 11 is 3.73. The van der Waals surface area contributed by atoms with Gasteiger partial charge in [0.2, 0.25) is 0 Å². The van der Waals surface area contributed by atoms with E-state index in [9.17, 15) is 9.59 Å². The number of thiol groups is 1. The molecule has 80 valence electrons. The van der Waals surface area contributed by atoms with E-state index in [1.807, 2.05) is 5.48 Å². The number of hydroxylamine groups is 1. The van der Waals surface area contributed by atoms with Crippen LogP contribution in [0.4, 0.5) is 4.79 Å². The standard InChI is InChI=1S/C8H14N2O3S/c11-7(6-14)9-13-8(12)10-4-2-1-3-5-10/h14H,1-6H2,(H,9,11). The number of amides is 2. The fraction of sp³-hybridized carbons (Fsp3) is 0.750. The van der Waals surface area contributed by atoms with Gasteiger partial charge in [0.25, 0.3) is 5.91 Å². The molecule has 1 saturated heterocycles. The first-order valence-electron chi connectivity index (χ1n) is 4.59. The number of nitrogens with zero attached hydrogens (tertiary/aromatic N) is 1. The highest BCUT2D eigenvalue weighted by Crippen LogP contribution is 2.08. The lowest BCUT2D eigenvalue weighted by atomic mass is 10.1. The minimum Gasteiger partial charge on any atom is -0.321 e. The summed E-state index contributed by atoms with van der Waals surface area (Å²) in [4.78, 5) is 28.2. The Labute approximate surface area is 88.1 Å². The summed E-state index contributed by atoms with van der Waals surface area (Å²) < 4.78 is 0. The summed E-state index contributed by atoms with van der Waals surface area (Å²) in [6.07, 6.45) is 2.65. The Kier molecular flexibility index (Phi) is 4.58. The van der Waals surface area contributed by atoms with Crippen LogP contribution in [0.2, 0.25) is 0 Å². The third kappa shape index (κ3) is 3.45. The van der Waals surface area contributed by atoms with Crippen molar-refractivity contribution >= 4 is 24.6 Å². The Morgan fingerprint density at radius 3 is 2.50 bits per heavy atom. The molecule has 1 aliphatic rings. The molecule has 6 heteroatoms. The van der Waals surface area contributed by atoms with Gasteiger partial charge in [0, 0.05) is 13.1 Å². The highest BCUT2D eigenvalue weighted by atomic mass is 32.1. The third-order valence-corrected chi connectivity index (χ3v) is 2.30. The number of rotatable bonds is 1. The lowest BCUT2D eigenvalue weighted by Gasteiger charge is -2.25. The first-order chi connectivity index (χ1) is 6.74. The second-order valence-electron chi connectivity index (χ2n) is 3.10. The average Bonchev–Trinajstić information content (AvgIpc) is 2.26. The molecule has 1 aliphatic heterocycles. The predicted molar refractivity (Wildman–Crippen MR) is 53.9 cm³/mol. The fourth-order valence-corrected chi connectivity index (χ4v) is 1.34. The molecule has 1 fully saturated rings. The predicted octanol–water partition coefficient (Wildman–Crippen LogP) is 0.570. The van der Waals surface area contributed by atoms with Crippen molar-refractivity contribution in [3.8, 4) is 0 Å². The van der Waals surface area contributed by atoms with Gasteiger partial charge in [-0.05, 0) is 19.3 Å². The molecule has 0 aliphatic carbocycles. The molecule has 1 N–H and O–H groups in total. The number of likely N-dealkylation sites (tertiary alicyclic amines) is 1. The van der Waals surface area contributed by atoms with Crippen molar-refractivity contribution in [2.45, 2.75) is 19.3 Å². The van der Waals surface area contributed by atoms with E-state index in [1.165, 1.54) is 0 Å². The molecule has 0 aromatic carbocycles. The van der Waals surface area contributed by atoms with Crippen molar-refractivity contribution < 1.29 is 14.4 Å². The minimum absolute atomic E-state index is 0.00722. The maximum Gasteiger partial charge on any atom is 0.434 e. The summed E-state index contributed by atoms with van der Waals surface area (Å²) in [6, 6.07) is 0. The largest absolute Gasteiger partial charge is 0.434 e. The van der Waals surface area contributed by atoms with E-state index in [2.05, 4.69) is 17.5 Å². The summed E-state index contributed by atoms with van der Waals surface area (Å²) in [5.41, 5.74) is 2.02. The minimum atomic E-state index is -0.486. The van der Waals surface area contributed by atoms with Gasteiger partial charge < -0.3 is 9.74 Å². The van der Waals surface area contributed by atoms with Crippen LogP contribution >= 0.6 is 12.6 Å². The Balaban J connectivity index is 2.23. The van der Waals surface area contributed by atoms with Gasteiger partial charge in [-0.3, -0.25) is 4.79 Å². The summed E-state index contributed by atoms with van der Waals surface area (Å²) in [7, 11) is 0. The summed E-state index contributed by atoms with van der Waals surface area (Å²) in [6.45, 7) is 1.41. The zero-order chi connectivity index (χ0) is 10.4. The number of nitrogens with one attached hydrogen (secondary N) is 1. The first kappa shape index (κ1) is 11.2. The quantitative estimate of drug-likeness (QED) is 0.499. The molecule has 14 heavy (non-hydrogen) atoms. The normalized spacial score (nSPS) is 16.2. The molecule has 1 rings (SSSR count). The van der Waals surface area contributed by atoms with Crippen molar-refractivity contribution in [3.05, 3.63) is 0 Å². The molecule has 2 amide bonds. The van der Waals surface area contributed by atoms with Gasteiger partial charge in [0.05, 0.1) is 5.75 Å². The fourth-order valence-electron chi connectivity index (χ4n) is 1.27. The second-order valence-corrected chi connectivity index (χ2v) is 3.42. The maximum absolute atomic E-state index is 11.3. The highest BCUT2D eigenvalue weighted by Gasteiger charge is 2.18. The van der Waals surface area contributed by atoms with Crippen LogP contribution < -0.4 is 5.48 Å². The first-order valence-corrected chi connectivity index (χ1v) is 5.22. The van der Waals surface area contributed by atoms with E-state index in [-0.39, 0.29) is 5.75 Å². The van der Waals surface area contributed by atoms with Gasteiger partial charge in [0.15, 0.2) is 0 Å². The van der Waals surface area contributed by atoms with Crippen LogP contribution in [0.3, 0.4) is 0 Å². The van der Waals surface area contributed by atoms with E-state index < -0.39 is 12.0 Å². The molecule has 0 saturated carbocycles. The van der Waals surface area contributed by atoms with Gasteiger partial charge in [0.1, 0.15) is 0 Å². The molecule has 0 bridgehead atoms.